The Bertz CT molecular complexity index is 1880. The average molecular weight is 645 g/mol. The van der Waals surface area contributed by atoms with Crippen molar-refractivity contribution in [3.8, 4) is 39.1 Å². The van der Waals surface area contributed by atoms with Crippen molar-refractivity contribution in [1.29, 1.82) is 0 Å². The first kappa shape index (κ1) is 32.7. The number of unbranched alkanes of at least 4 members (excludes halogenated alkanes) is 2. The molecule has 5 rings (SSSR count). The Morgan fingerprint density at radius 2 is 1.13 bits per heavy atom. The van der Waals surface area contributed by atoms with Gasteiger partial charge in [0, 0.05) is 17.2 Å². The SMILES string of the molecule is CCCCCc1ccc(-c2ccc(-c3cc(F)c(-c4ccc(C(F)(F)Oc5ccc(F)c(F)c5)c(F)c4)c(F)c3)c(F)c2)c(F)c1. The number of hydrogen-bond donors (Lipinski definition) is 0. The molecule has 0 saturated heterocycles. The zero-order chi connectivity index (χ0) is 33.2. The Kier molecular flexibility index (Phi) is 9.46. The second-order valence-electron chi connectivity index (χ2n) is 10.7. The lowest BCUT2D eigenvalue weighted by Crippen LogP contribution is -2.23. The molecule has 0 radical (unpaired) electrons. The maximum Gasteiger partial charge on any atom is 0.429 e. The highest BCUT2D eigenvalue weighted by Gasteiger charge is 2.38. The predicted molar refractivity (Wildman–Crippen MR) is 157 cm³/mol. The van der Waals surface area contributed by atoms with Gasteiger partial charge in [0.1, 0.15) is 34.8 Å². The van der Waals surface area contributed by atoms with Gasteiger partial charge in [0.2, 0.25) is 0 Å². The van der Waals surface area contributed by atoms with Gasteiger partial charge < -0.3 is 4.74 Å². The molecule has 238 valence electrons. The van der Waals surface area contributed by atoms with Gasteiger partial charge in [0.15, 0.2) is 11.6 Å². The summed E-state index contributed by atoms with van der Waals surface area (Å²) in [5, 5.41) is 0. The Balaban J connectivity index is 1.39. The Morgan fingerprint density at radius 3 is 1.76 bits per heavy atom. The van der Waals surface area contributed by atoms with Crippen LogP contribution in [0.5, 0.6) is 5.75 Å². The molecule has 0 heterocycles. The third kappa shape index (κ3) is 6.90. The molecule has 0 N–H and O–H groups in total. The molecule has 0 aliphatic rings. The zero-order valence-electron chi connectivity index (χ0n) is 24.2. The van der Waals surface area contributed by atoms with E-state index < -0.39 is 69.3 Å². The van der Waals surface area contributed by atoms with Gasteiger partial charge >= 0.3 is 6.11 Å². The van der Waals surface area contributed by atoms with Crippen molar-refractivity contribution in [2.24, 2.45) is 0 Å². The van der Waals surface area contributed by atoms with E-state index in [1.807, 2.05) is 0 Å². The summed E-state index contributed by atoms with van der Waals surface area (Å²) >= 11 is 0. The third-order valence-electron chi connectivity index (χ3n) is 7.44. The van der Waals surface area contributed by atoms with Crippen LogP contribution in [-0.2, 0) is 12.5 Å². The van der Waals surface area contributed by atoms with Gasteiger partial charge in [-0.1, -0.05) is 50.1 Å². The van der Waals surface area contributed by atoms with E-state index >= 15 is 13.2 Å². The highest BCUT2D eigenvalue weighted by Crippen LogP contribution is 2.38. The lowest BCUT2D eigenvalue weighted by atomic mass is 9.95. The molecule has 10 heteroatoms. The highest BCUT2D eigenvalue weighted by molar-refractivity contribution is 5.75. The first-order valence-corrected chi connectivity index (χ1v) is 14.3. The number of benzene rings is 5. The summed E-state index contributed by atoms with van der Waals surface area (Å²) in [6.45, 7) is 2.06. The van der Waals surface area contributed by atoms with Gasteiger partial charge in [-0.2, -0.15) is 8.78 Å². The van der Waals surface area contributed by atoms with Crippen LogP contribution < -0.4 is 4.74 Å². The molecule has 0 fully saturated rings. The Hall–Kier alpha value is -4.73. The maximum absolute atomic E-state index is 15.2. The summed E-state index contributed by atoms with van der Waals surface area (Å²) in [6.07, 6.45) is -0.699. The van der Waals surface area contributed by atoms with Crippen LogP contribution in [0.15, 0.2) is 84.9 Å². The molecule has 46 heavy (non-hydrogen) atoms. The number of aryl methyl sites for hydroxylation is 1. The number of halogens is 9. The van der Waals surface area contributed by atoms with Crippen LogP contribution in [0.3, 0.4) is 0 Å². The van der Waals surface area contributed by atoms with E-state index in [4.69, 9.17) is 0 Å². The van der Waals surface area contributed by atoms with E-state index in [-0.39, 0.29) is 22.3 Å². The smallest absolute Gasteiger partial charge is 0.429 e. The Labute approximate surface area is 258 Å². The standard InChI is InChI=1S/C36H25F9O/c1-2-3-4-5-20-6-10-25(29(38)14-20)21-7-11-26(30(39)15-21)23-17-33(42)35(34(43)18-23)22-8-12-27(31(40)16-22)36(44,45)46-24-9-13-28(37)32(41)19-24/h6-19H,2-5H2,1H3. The summed E-state index contributed by atoms with van der Waals surface area (Å²) in [5.74, 6) is -9.05. The van der Waals surface area contributed by atoms with Crippen molar-refractivity contribution in [1.82, 2.24) is 0 Å². The maximum atomic E-state index is 15.2. The van der Waals surface area contributed by atoms with Crippen LogP contribution in [0.1, 0.15) is 37.3 Å². The van der Waals surface area contributed by atoms with Crippen molar-refractivity contribution in [3.05, 3.63) is 137 Å². The summed E-state index contributed by atoms with van der Waals surface area (Å²) in [6, 6.07) is 13.4. The van der Waals surface area contributed by atoms with E-state index in [1.54, 1.807) is 12.1 Å². The molecule has 1 nitrogen and oxygen atoms in total. The molecule has 0 atom stereocenters. The van der Waals surface area contributed by atoms with Crippen molar-refractivity contribution < 1.29 is 44.3 Å². The van der Waals surface area contributed by atoms with Crippen molar-refractivity contribution in [2.75, 3.05) is 0 Å². The molecule has 0 aliphatic carbocycles. The number of rotatable bonds is 10. The van der Waals surface area contributed by atoms with E-state index in [0.717, 1.165) is 49.1 Å². The lowest BCUT2D eigenvalue weighted by Gasteiger charge is -2.19. The highest BCUT2D eigenvalue weighted by atomic mass is 19.3. The van der Waals surface area contributed by atoms with Crippen molar-refractivity contribution in [3.63, 3.8) is 0 Å². The summed E-state index contributed by atoms with van der Waals surface area (Å²) in [4.78, 5) is 0. The van der Waals surface area contributed by atoms with Gasteiger partial charge in [-0.15, -0.1) is 0 Å². The topological polar surface area (TPSA) is 9.23 Å². The first-order valence-electron chi connectivity index (χ1n) is 14.3. The van der Waals surface area contributed by atoms with Crippen LogP contribution in [0.25, 0.3) is 33.4 Å². The minimum atomic E-state index is -4.36. The predicted octanol–water partition coefficient (Wildman–Crippen LogP) is 11.5. The summed E-state index contributed by atoms with van der Waals surface area (Å²) in [5.41, 5.74) is -1.76. The van der Waals surface area contributed by atoms with E-state index in [1.165, 1.54) is 18.2 Å². The van der Waals surface area contributed by atoms with Crippen LogP contribution >= 0.6 is 0 Å². The van der Waals surface area contributed by atoms with Gasteiger partial charge in [0.05, 0.1) is 11.1 Å². The summed E-state index contributed by atoms with van der Waals surface area (Å²) in [7, 11) is 0. The molecule has 0 amide bonds. The summed E-state index contributed by atoms with van der Waals surface area (Å²) < 4.78 is 135. The minimum Gasteiger partial charge on any atom is -0.429 e. The first-order chi connectivity index (χ1) is 21.9. The molecule has 0 spiro atoms. The lowest BCUT2D eigenvalue weighted by molar-refractivity contribution is -0.187. The van der Waals surface area contributed by atoms with Crippen LogP contribution in [0, 0.1) is 40.7 Å². The van der Waals surface area contributed by atoms with Crippen LogP contribution in [-0.4, -0.2) is 0 Å². The quantitative estimate of drug-likeness (QED) is 0.109. The Morgan fingerprint density at radius 1 is 0.522 bits per heavy atom. The second kappa shape index (κ2) is 13.3. The molecule has 5 aromatic rings. The van der Waals surface area contributed by atoms with E-state index in [9.17, 15) is 26.3 Å². The minimum absolute atomic E-state index is 0.156. The fraction of sp³-hybridized carbons (Fsp3) is 0.167. The second-order valence-corrected chi connectivity index (χ2v) is 10.7. The molecule has 0 bridgehead atoms. The number of ether oxygens (including phenoxy) is 1. The van der Waals surface area contributed by atoms with E-state index in [0.29, 0.717) is 36.8 Å². The molecule has 0 unspecified atom stereocenters. The van der Waals surface area contributed by atoms with Gasteiger partial charge in [-0.05, 0) is 83.6 Å². The number of hydrogen-bond acceptors (Lipinski definition) is 1. The van der Waals surface area contributed by atoms with Crippen LogP contribution in [0.2, 0.25) is 0 Å². The normalized spacial score (nSPS) is 11.6. The van der Waals surface area contributed by atoms with Gasteiger partial charge in [0.25, 0.3) is 0 Å². The van der Waals surface area contributed by atoms with Gasteiger partial charge in [-0.3, -0.25) is 0 Å². The molecule has 0 aromatic heterocycles. The molecule has 5 aromatic carbocycles. The van der Waals surface area contributed by atoms with E-state index in [2.05, 4.69) is 11.7 Å². The average Bonchev–Trinajstić information content (AvgIpc) is 2.98. The largest absolute Gasteiger partial charge is 0.429 e. The zero-order valence-corrected chi connectivity index (χ0v) is 24.2. The molecular formula is C36H25F9O. The fourth-order valence-corrected chi connectivity index (χ4v) is 5.10. The third-order valence-corrected chi connectivity index (χ3v) is 7.44. The monoisotopic (exact) mass is 644 g/mol. The number of alkyl halides is 2. The van der Waals surface area contributed by atoms with Crippen LogP contribution in [0.4, 0.5) is 39.5 Å². The van der Waals surface area contributed by atoms with Gasteiger partial charge in [-0.25, -0.2) is 30.7 Å². The fourth-order valence-electron chi connectivity index (χ4n) is 5.10. The van der Waals surface area contributed by atoms with Crippen molar-refractivity contribution in [2.45, 2.75) is 38.7 Å². The molecular weight excluding hydrogens is 619 g/mol. The molecule has 0 aliphatic heterocycles. The molecule has 0 saturated carbocycles. The van der Waals surface area contributed by atoms with Crippen molar-refractivity contribution >= 4 is 0 Å².